The van der Waals surface area contributed by atoms with E-state index < -0.39 is 0 Å². The van der Waals surface area contributed by atoms with Crippen molar-refractivity contribution in [1.29, 1.82) is 0 Å². The first kappa shape index (κ1) is 14.9. The number of nitrogens with one attached hydrogen (secondary N) is 2. The minimum atomic E-state index is -0.291. The van der Waals surface area contributed by atoms with Crippen molar-refractivity contribution in [2.75, 3.05) is 5.32 Å². The summed E-state index contributed by atoms with van der Waals surface area (Å²) in [5, 5.41) is 6.52. The molecule has 0 fully saturated rings. The van der Waals surface area contributed by atoms with Gasteiger partial charge in [0.2, 0.25) is 0 Å². The summed E-state index contributed by atoms with van der Waals surface area (Å²) in [5.41, 5.74) is 0.413. The van der Waals surface area contributed by atoms with E-state index in [-0.39, 0.29) is 5.82 Å². The number of hydrogen-bond donors (Lipinski definition) is 2. The van der Waals surface area contributed by atoms with E-state index in [1.54, 1.807) is 18.2 Å². The smallest absolute Gasteiger partial charge is 0.171 e. The van der Waals surface area contributed by atoms with Crippen molar-refractivity contribution in [3.63, 3.8) is 0 Å². The molecule has 1 aromatic carbocycles. The van der Waals surface area contributed by atoms with Crippen LogP contribution in [0.3, 0.4) is 0 Å². The number of thiocarbonyl (C=S) groups is 1. The minimum absolute atomic E-state index is 0.291. The number of para-hydroxylation sites is 1. The van der Waals surface area contributed by atoms with Gasteiger partial charge in [-0.15, -0.1) is 0 Å². The Kier molecular flexibility index (Phi) is 6.65. The molecule has 1 aromatic rings. The van der Waals surface area contributed by atoms with Gasteiger partial charge >= 0.3 is 0 Å². The van der Waals surface area contributed by atoms with E-state index in [1.807, 2.05) is 0 Å². The fourth-order valence-corrected chi connectivity index (χ4v) is 2.03. The van der Waals surface area contributed by atoms with Crippen LogP contribution in [0.1, 0.15) is 39.5 Å². The summed E-state index contributed by atoms with van der Waals surface area (Å²) in [6.45, 7) is 4.27. The van der Waals surface area contributed by atoms with Gasteiger partial charge in [-0.1, -0.05) is 38.3 Å². The van der Waals surface area contributed by atoms with Gasteiger partial charge in [-0.3, -0.25) is 0 Å². The molecule has 0 aliphatic carbocycles. The van der Waals surface area contributed by atoms with Gasteiger partial charge in [-0.25, -0.2) is 4.39 Å². The molecule has 0 aliphatic rings. The lowest BCUT2D eigenvalue weighted by molar-refractivity contribution is 0.556. The number of benzene rings is 1. The van der Waals surface area contributed by atoms with Crippen molar-refractivity contribution < 1.29 is 4.39 Å². The van der Waals surface area contributed by atoms with Crippen LogP contribution in [-0.2, 0) is 0 Å². The average Bonchev–Trinajstić information content (AvgIpc) is 2.32. The van der Waals surface area contributed by atoms with Gasteiger partial charge in [-0.05, 0) is 37.7 Å². The lowest BCUT2D eigenvalue weighted by Gasteiger charge is -2.17. The molecule has 2 N–H and O–H groups in total. The van der Waals surface area contributed by atoms with E-state index in [2.05, 4.69) is 24.5 Å². The molecule has 0 radical (unpaired) electrons. The van der Waals surface area contributed by atoms with E-state index in [1.165, 1.54) is 25.3 Å². The molecule has 1 atom stereocenters. The van der Waals surface area contributed by atoms with Gasteiger partial charge in [0.25, 0.3) is 0 Å². The molecule has 1 unspecified atom stereocenters. The maximum Gasteiger partial charge on any atom is 0.171 e. The molecule has 4 heteroatoms. The maximum atomic E-state index is 13.4. The lowest BCUT2D eigenvalue weighted by atomic mass is 10.1. The number of anilines is 1. The highest BCUT2D eigenvalue weighted by Crippen LogP contribution is 2.12. The Labute approximate surface area is 114 Å². The van der Waals surface area contributed by atoms with Crippen molar-refractivity contribution in [2.45, 2.75) is 45.6 Å². The molecule has 0 saturated heterocycles. The van der Waals surface area contributed by atoms with Gasteiger partial charge in [-0.2, -0.15) is 0 Å². The Morgan fingerprint density at radius 1 is 1.33 bits per heavy atom. The van der Waals surface area contributed by atoms with Crippen molar-refractivity contribution >= 4 is 23.0 Å². The normalized spacial score (nSPS) is 11.9. The predicted octanol–water partition coefficient (Wildman–Crippen LogP) is 4.08. The molecule has 100 valence electrons. The Balaban J connectivity index is 2.35. The SMILES string of the molecule is CCCCCC(C)NC(=S)Nc1ccccc1F. The van der Waals surface area contributed by atoms with E-state index in [0.717, 1.165) is 6.42 Å². The van der Waals surface area contributed by atoms with Gasteiger partial charge < -0.3 is 10.6 Å². The zero-order valence-corrected chi connectivity index (χ0v) is 11.8. The van der Waals surface area contributed by atoms with Crippen LogP contribution in [0.25, 0.3) is 0 Å². The van der Waals surface area contributed by atoms with E-state index in [9.17, 15) is 4.39 Å². The van der Waals surface area contributed by atoms with Crippen molar-refractivity contribution in [2.24, 2.45) is 0 Å². The summed E-state index contributed by atoms with van der Waals surface area (Å²) < 4.78 is 13.4. The molecule has 1 rings (SSSR count). The highest BCUT2D eigenvalue weighted by atomic mass is 32.1. The van der Waals surface area contributed by atoms with Crippen LogP contribution in [-0.4, -0.2) is 11.2 Å². The van der Waals surface area contributed by atoms with Gasteiger partial charge in [0.1, 0.15) is 5.82 Å². The van der Waals surface area contributed by atoms with Crippen LogP contribution >= 0.6 is 12.2 Å². The Morgan fingerprint density at radius 2 is 2.06 bits per heavy atom. The molecule has 0 saturated carbocycles. The second-order valence-electron chi connectivity index (χ2n) is 4.48. The summed E-state index contributed by atoms with van der Waals surface area (Å²) in [4.78, 5) is 0. The molecule has 0 aromatic heterocycles. The molecule has 0 aliphatic heterocycles. The highest BCUT2D eigenvalue weighted by Gasteiger charge is 2.06. The topological polar surface area (TPSA) is 24.1 Å². The predicted molar refractivity (Wildman–Crippen MR) is 79.4 cm³/mol. The maximum absolute atomic E-state index is 13.4. The van der Waals surface area contributed by atoms with Crippen LogP contribution in [0.2, 0.25) is 0 Å². The quantitative estimate of drug-likeness (QED) is 0.600. The van der Waals surface area contributed by atoms with Crippen LogP contribution in [0, 0.1) is 5.82 Å². The summed E-state index contributed by atoms with van der Waals surface area (Å²) in [7, 11) is 0. The average molecular weight is 268 g/mol. The molecule has 0 spiro atoms. The zero-order valence-electron chi connectivity index (χ0n) is 11.0. The fraction of sp³-hybridized carbons (Fsp3) is 0.500. The third-order valence-corrected chi connectivity index (χ3v) is 2.96. The first-order valence-electron chi connectivity index (χ1n) is 6.45. The first-order chi connectivity index (χ1) is 8.63. The highest BCUT2D eigenvalue weighted by molar-refractivity contribution is 7.80. The fourth-order valence-electron chi connectivity index (χ4n) is 1.72. The van der Waals surface area contributed by atoms with Crippen molar-refractivity contribution in [3.8, 4) is 0 Å². The van der Waals surface area contributed by atoms with Crippen LogP contribution in [0.15, 0.2) is 24.3 Å². The van der Waals surface area contributed by atoms with Crippen LogP contribution in [0.5, 0.6) is 0 Å². The summed E-state index contributed by atoms with van der Waals surface area (Å²) in [6.07, 6.45) is 4.71. The lowest BCUT2D eigenvalue weighted by Crippen LogP contribution is -2.36. The molecule has 18 heavy (non-hydrogen) atoms. The third-order valence-electron chi connectivity index (χ3n) is 2.74. The van der Waals surface area contributed by atoms with E-state index in [4.69, 9.17) is 12.2 Å². The Morgan fingerprint density at radius 3 is 2.72 bits per heavy atom. The van der Waals surface area contributed by atoms with Gasteiger partial charge in [0.15, 0.2) is 5.11 Å². The van der Waals surface area contributed by atoms with Crippen LogP contribution < -0.4 is 10.6 Å². The largest absolute Gasteiger partial charge is 0.360 e. The van der Waals surface area contributed by atoms with Gasteiger partial charge in [0, 0.05) is 6.04 Å². The van der Waals surface area contributed by atoms with E-state index >= 15 is 0 Å². The standard InChI is InChI=1S/C14H21FN2S/c1-3-4-5-8-11(2)16-14(18)17-13-10-7-6-9-12(13)15/h6-7,9-11H,3-5,8H2,1-2H3,(H2,16,17,18). The number of halogens is 1. The minimum Gasteiger partial charge on any atom is -0.360 e. The number of rotatable bonds is 6. The molecular weight excluding hydrogens is 247 g/mol. The number of unbranched alkanes of at least 4 members (excludes halogenated alkanes) is 2. The second kappa shape index (κ2) is 8.03. The Hall–Kier alpha value is -1.16. The zero-order chi connectivity index (χ0) is 13.4. The molecular formula is C14H21FN2S. The molecule has 0 heterocycles. The molecule has 0 amide bonds. The molecule has 0 bridgehead atoms. The van der Waals surface area contributed by atoms with Gasteiger partial charge in [0.05, 0.1) is 5.69 Å². The summed E-state index contributed by atoms with van der Waals surface area (Å²) >= 11 is 5.16. The van der Waals surface area contributed by atoms with Crippen LogP contribution in [0.4, 0.5) is 10.1 Å². The number of hydrogen-bond acceptors (Lipinski definition) is 1. The molecule has 2 nitrogen and oxygen atoms in total. The monoisotopic (exact) mass is 268 g/mol. The van der Waals surface area contributed by atoms with Crippen molar-refractivity contribution in [1.82, 2.24) is 5.32 Å². The Bertz CT molecular complexity index is 382. The first-order valence-corrected chi connectivity index (χ1v) is 6.86. The van der Waals surface area contributed by atoms with Crippen molar-refractivity contribution in [3.05, 3.63) is 30.1 Å². The second-order valence-corrected chi connectivity index (χ2v) is 4.88. The third kappa shape index (κ3) is 5.45. The summed E-state index contributed by atoms with van der Waals surface area (Å²) in [5.74, 6) is -0.291. The summed E-state index contributed by atoms with van der Waals surface area (Å²) in [6, 6.07) is 6.83. The van der Waals surface area contributed by atoms with E-state index in [0.29, 0.717) is 16.8 Å².